The molecule has 1 heterocycles. The highest BCUT2D eigenvalue weighted by atomic mass is 16.2. The van der Waals surface area contributed by atoms with Crippen molar-refractivity contribution in [2.45, 2.75) is 13.5 Å². The molecule has 2 N–H and O–H groups in total. The van der Waals surface area contributed by atoms with Crippen molar-refractivity contribution in [3.8, 4) is 0 Å². The molecule has 2 rings (SSSR count). The van der Waals surface area contributed by atoms with Crippen LogP contribution in [0, 0.1) is 6.92 Å². The Kier molecular flexibility index (Phi) is 3.61. The van der Waals surface area contributed by atoms with Gasteiger partial charge in [0.1, 0.15) is 6.54 Å². The number of carbonyl (C=O) groups is 1. The highest BCUT2D eigenvalue weighted by Gasteiger charge is 2.05. The number of nitrogens with zero attached hydrogens (tertiary/aromatic N) is 1. The molecular formula is C13H13N3O3. The number of H-pyrrole nitrogens is 1. The van der Waals surface area contributed by atoms with E-state index in [9.17, 15) is 14.4 Å². The first-order valence-electron chi connectivity index (χ1n) is 5.71. The van der Waals surface area contributed by atoms with E-state index in [2.05, 4.69) is 10.3 Å². The van der Waals surface area contributed by atoms with Gasteiger partial charge in [0, 0.05) is 18.0 Å². The largest absolute Gasteiger partial charge is 0.328 e. The quantitative estimate of drug-likeness (QED) is 0.841. The molecule has 19 heavy (non-hydrogen) atoms. The van der Waals surface area contributed by atoms with Gasteiger partial charge in [-0.05, 0) is 24.6 Å². The fraction of sp³-hybridized carbons (Fsp3) is 0.154. The molecule has 1 aromatic heterocycles. The molecule has 0 radical (unpaired) electrons. The molecule has 1 aromatic carbocycles. The first-order chi connectivity index (χ1) is 9.04. The van der Waals surface area contributed by atoms with Gasteiger partial charge in [-0.15, -0.1) is 0 Å². The summed E-state index contributed by atoms with van der Waals surface area (Å²) in [6.45, 7) is 1.77. The van der Waals surface area contributed by atoms with E-state index in [4.69, 9.17) is 0 Å². The maximum absolute atomic E-state index is 11.8. The Hall–Kier alpha value is -2.63. The van der Waals surface area contributed by atoms with Gasteiger partial charge in [-0.25, -0.2) is 4.79 Å². The van der Waals surface area contributed by atoms with Gasteiger partial charge in [-0.3, -0.25) is 19.1 Å². The van der Waals surface area contributed by atoms with E-state index in [-0.39, 0.29) is 12.5 Å². The van der Waals surface area contributed by atoms with Gasteiger partial charge in [-0.1, -0.05) is 12.1 Å². The van der Waals surface area contributed by atoms with Crippen LogP contribution in [-0.2, 0) is 11.3 Å². The van der Waals surface area contributed by atoms with Gasteiger partial charge in [0.15, 0.2) is 0 Å². The predicted molar refractivity (Wildman–Crippen MR) is 71.1 cm³/mol. The van der Waals surface area contributed by atoms with Crippen molar-refractivity contribution >= 4 is 11.6 Å². The summed E-state index contributed by atoms with van der Waals surface area (Å²) in [6.07, 6.45) is 1.29. The van der Waals surface area contributed by atoms with Gasteiger partial charge >= 0.3 is 5.69 Å². The Bertz CT molecular complexity index is 715. The second-order valence-corrected chi connectivity index (χ2v) is 4.16. The van der Waals surface area contributed by atoms with Crippen molar-refractivity contribution in [3.63, 3.8) is 0 Å². The number of amides is 1. The van der Waals surface area contributed by atoms with Crippen LogP contribution in [0.2, 0.25) is 0 Å². The zero-order chi connectivity index (χ0) is 13.8. The molecule has 0 unspecified atom stereocenters. The van der Waals surface area contributed by atoms with E-state index in [1.165, 1.54) is 12.3 Å². The first-order valence-corrected chi connectivity index (χ1v) is 5.71. The van der Waals surface area contributed by atoms with Crippen molar-refractivity contribution < 1.29 is 4.79 Å². The third-order valence-corrected chi connectivity index (χ3v) is 2.51. The number of aromatic amines is 1. The fourth-order valence-electron chi connectivity index (χ4n) is 1.65. The normalized spacial score (nSPS) is 10.2. The second kappa shape index (κ2) is 5.34. The van der Waals surface area contributed by atoms with E-state index in [0.29, 0.717) is 5.69 Å². The number of hydrogen-bond acceptors (Lipinski definition) is 3. The summed E-state index contributed by atoms with van der Waals surface area (Å²) in [7, 11) is 0. The van der Waals surface area contributed by atoms with Gasteiger partial charge in [0.05, 0.1) is 0 Å². The van der Waals surface area contributed by atoms with Gasteiger partial charge < -0.3 is 5.32 Å². The Morgan fingerprint density at radius 2 is 2.11 bits per heavy atom. The third kappa shape index (κ3) is 3.41. The smallest absolute Gasteiger partial charge is 0.325 e. The van der Waals surface area contributed by atoms with E-state index in [0.717, 1.165) is 10.1 Å². The summed E-state index contributed by atoms with van der Waals surface area (Å²) in [5.41, 5.74) is 0.605. The van der Waals surface area contributed by atoms with Crippen LogP contribution in [0.15, 0.2) is 46.1 Å². The molecule has 0 saturated carbocycles. The molecule has 0 fully saturated rings. The molecule has 0 atom stereocenters. The SMILES string of the molecule is Cc1cccc(NC(=O)Cn2ccc(=O)[nH]c2=O)c1. The molecule has 6 nitrogen and oxygen atoms in total. The van der Waals surface area contributed by atoms with Crippen molar-refractivity contribution in [1.29, 1.82) is 0 Å². The van der Waals surface area contributed by atoms with Gasteiger partial charge in [0.25, 0.3) is 5.56 Å². The summed E-state index contributed by atoms with van der Waals surface area (Å²) < 4.78 is 1.13. The van der Waals surface area contributed by atoms with Crippen LogP contribution >= 0.6 is 0 Å². The second-order valence-electron chi connectivity index (χ2n) is 4.16. The van der Waals surface area contributed by atoms with Crippen LogP contribution < -0.4 is 16.6 Å². The van der Waals surface area contributed by atoms with Crippen molar-refractivity contribution in [2.75, 3.05) is 5.32 Å². The van der Waals surface area contributed by atoms with E-state index in [1.54, 1.807) is 6.07 Å². The molecule has 0 spiro atoms. The summed E-state index contributed by atoms with van der Waals surface area (Å²) in [4.78, 5) is 36.2. The molecule has 0 saturated heterocycles. The first kappa shape index (κ1) is 12.8. The average Bonchev–Trinajstić information content (AvgIpc) is 2.33. The zero-order valence-electron chi connectivity index (χ0n) is 10.3. The van der Waals surface area contributed by atoms with Crippen LogP contribution in [0.4, 0.5) is 5.69 Å². The molecule has 2 aromatic rings. The molecular weight excluding hydrogens is 246 g/mol. The average molecular weight is 259 g/mol. The number of hydrogen-bond donors (Lipinski definition) is 2. The van der Waals surface area contributed by atoms with Crippen LogP contribution in [0.25, 0.3) is 0 Å². The van der Waals surface area contributed by atoms with E-state index < -0.39 is 11.2 Å². The Morgan fingerprint density at radius 3 is 2.79 bits per heavy atom. The van der Waals surface area contributed by atoms with E-state index >= 15 is 0 Å². The van der Waals surface area contributed by atoms with Crippen molar-refractivity contribution in [2.24, 2.45) is 0 Å². The van der Waals surface area contributed by atoms with Gasteiger partial charge in [-0.2, -0.15) is 0 Å². The van der Waals surface area contributed by atoms with Crippen LogP contribution in [-0.4, -0.2) is 15.5 Å². The zero-order valence-corrected chi connectivity index (χ0v) is 10.3. The Balaban J connectivity index is 2.09. The number of aryl methyl sites for hydroxylation is 1. The predicted octanol–water partition coefficient (Wildman–Crippen LogP) is 0.484. The monoisotopic (exact) mass is 259 g/mol. The minimum absolute atomic E-state index is 0.149. The van der Waals surface area contributed by atoms with Crippen molar-refractivity contribution in [1.82, 2.24) is 9.55 Å². The lowest BCUT2D eigenvalue weighted by atomic mass is 10.2. The number of rotatable bonds is 3. The Morgan fingerprint density at radius 1 is 1.32 bits per heavy atom. The number of anilines is 1. The maximum atomic E-state index is 11.8. The molecule has 0 aliphatic heterocycles. The number of carbonyl (C=O) groups excluding carboxylic acids is 1. The third-order valence-electron chi connectivity index (χ3n) is 2.51. The summed E-state index contributed by atoms with van der Waals surface area (Å²) in [5, 5.41) is 2.68. The summed E-state index contributed by atoms with van der Waals surface area (Å²) in [5.74, 6) is -0.334. The highest BCUT2D eigenvalue weighted by Crippen LogP contribution is 2.09. The van der Waals surface area contributed by atoms with Crippen molar-refractivity contribution in [3.05, 3.63) is 62.9 Å². The minimum Gasteiger partial charge on any atom is -0.325 e. The summed E-state index contributed by atoms with van der Waals surface area (Å²) in [6, 6.07) is 8.54. The van der Waals surface area contributed by atoms with Crippen LogP contribution in [0.1, 0.15) is 5.56 Å². The highest BCUT2D eigenvalue weighted by molar-refractivity contribution is 5.90. The number of nitrogens with one attached hydrogen (secondary N) is 2. The molecule has 98 valence electrons. The number of benzene rings is 1. The lowest BCUT2D eigenvalue weighted by Gasteiger charge is -2.07. The van der Waals surface area contributed by atoms with E-state index in [1.807, 2.05) is 25.1 Å². The fourth-order valence-corrected chi connectivity index (χ4v) is 1.65. The molecule has 0 aliphatic rings. The minimum atomic E-state index is -0.605. The lowest BCUT2D eigenvalue weighted by molar-refractivity contribution is -0.116. The van der Waals surface area contributed by atoms with Crippen LogP contribution in [0.5, 0.6) is 0 Å². The summed E-state index contributed by atoms with van der Waals surface area (Å²) >= 11 is 0. The molecule has 1 amide bonds. The van der Waals surface area contributed by atoms with Gasteiger partial charge in [0.2, 0.25) is 5.91 Å². The lowest BCUT2D eigenvalue weighted by Crippen LogP contribution is -2.32. The number of aromatic nitrogens is 2. The Labute approximate surface area is 108 Å². The molecule has 0 bridgehead atoms. The molecule has 0 aliphatic carbocycles. The topological polar surface area (TPSA) is 84.0 Å². The maximum Gasteiger partial charge on any atom is 0.328 e. The molecule has 6 heteroatoms. The van der Waals surface area contributed by atoms with Crippen LogP contribution in [0.3, 0.4) is 0 Å². The standard InChI is InChI=1S/C13H13N3O3/c1-9-3-2-4-10(7-9)14-12(18)8-16-6-5-11(17)15-13(16)19/h2-7H,8H2,1H3,(H,14,18)(H,15,17,19).